The zero-order chi connectivity index (χ0) is 24.2. The third-order valence-electron chi connectivity index (χ3n) is 5.95. The van der Waals surface area contributed by atoms with E-state index in [1.165, 1.54) is 0 Å². The largest absolute Gasteiger partial charge is 0.491 e. The second-order valence-electron chi connectivity index (χ2n) is 10.9. The second-order valence-corrected chi connectivity index (χ2v) is 15.6. The Morgan fingerprint density at radius 2 is 1.81 bits per heavy atom. The van der Waals surface area contributed by atoms with E-state index in [4.69, 9.17) is 19.4 Å². The number of carbonyl (C=O) groups excluding carboxylic acids is 1. The monoisotopic (exact) mass is 462 g/mol. The zero-order valence-corrected chi connectivity index (χ0v) is 21.7. The first-order valence-corrected chi connectivity index (χ1v) is 14.0. The molecule has 32 heavy (non-hydrogen) atoms. The molecule has 1 fully saturated rings. The Balaban J connectivity index is 2.09. The van der Waals surface area contributed by atoms with Crippen LogP contribution < -0.4 is 4.74 Å². The summed E-state index contributed by atoms with van der Waals surface area (Å²) in [6, 6.07) is 7.29. The van der Waals surface area contributed by atoms with Crippen LogP contribution >= 0.6 is 0 Å². The van der Waals surface area contributed by atoms with Crippen molar-refractivity contribution in [2.45, 2.75) is 90.4 Å². The Labute approximate surface area is 193 Å². The standard InChI is InChI=1S/C23H38N4O4Si/c1-22(2,3)30-21(28)27-15-20(31-32(7,8)23(4,5)6)13-18(27)16-29-19-11-9-17(10-12-19)14-25-26-24/h9-12,18,20H,13-16H2,1-8H3/t18-,20+/m0/s1. The average molecular weight is 463 g/mol. The Kier molecular flexibility index (Phi) is 8.25. The molecule has 1 saturated heterocycles. The highest BCUT2D eigenvalue weighted by molar-refractivity contribution is 6.74. The number of likely N-dealkylation sites (tertiary alicyclic amines) is 1. The number of rotatable bonds is 7. The van der Waals surface area contributed by atoms with Crippen molar-refractivity contribution < 1.29 is 18.7 Å². The van der Waals surface area contributed by atoms with Crippen molar-refractivity contribution in [3.63, 3.8) is 0 Å². The van der Waals surface area contributed by atoms with Crippen LogP contribution in [0.25, 0.3) is 10.4 Å². The van der Waals surface area contributed by atoms with E-state index in [1.807, 2.05) is 45.0 Å². The van der Waals surface area contributed by atoms with Gasteiger partial charge < -0.3 is 13.9 Å². The second kappa shape index (κ2) is 10.1. The topological polar surface area (TPSA) is 96.8 Å². The molecule has 1 aromatic rings. The van der Waals surface area contributed by atoms with E-state index in [0.29, 0.717) is 31.9 Å². The third kappa shape index (κ3) is 7.43. The molecule has 0 saturated carbocycles. The van der Waals surface area contributed by atoms with E-state index in [0.717, 1.165) is 5.56 Å². The number of benzene rings is 1. The predicted molar refractivity (Wildman–Crippen MR) is 128 cm³/mol. The SMILES string of the molecule is CC(C)(C)OC(=O)N1C[C@H](O[Si](C)(C)C(C)(C)C)C[C@H]1COc1ccc(CN=[N+]=[N-])cc1. The van der Waals surface area contributed by atoms with Gasteiger partial charge in [0.25, 0.3) is 0 Å². The normalized spacial score (nSPS) is 19.4. The molecule has 0 aliphatic carbocycles. The minimum atomic E-state index is -1.97. The molecule has 0 aromatic heterocycles. The molecule has 178 valence electrons. The van der Waals surface area contributed by atoms with E-state index >= 15 is 0 Å². The van der Waals surface area contributed by atoms with Gasteiger partial charge in [-0.3, -0.25) is 4.90 Å². The lowest BCUT2D eigenvalue weighted by Gasteiger charge is -2.38. The number of ether oxygens (including phenoxy) is 2. The molecule has 2 atom stereocenters. The van der Waals surface area contributed by atoms with Crippen LogP contribution in [0.3, 0.4) is 0 Å². The van der Waals surface area contributed by atoms with Gasteiger partial charge in [-0.25, -0.2) is 4.79 Å². The van der Waals surface area contributed by atoms with Gasteiger partial charge in [0, 0.05) is 11.5 Å². The van der Waals surface area contributed by atoms with E-state index in [9.17, 15) is 4.79 Å². The van der Waals surface area contributed by atoms with Crippen molar-refractivity contribution in [3.05, 3.63) is 40.3 Å². The number of azide groups is 1. The quantitative estimate of drug-likeness (QED) is 0.206. The fourth-order valence-electron chi connectivity index (χ4n) is 3.25. The average Bonchev–Trinajstić information content (AvgIpc) is 3.05. The highest BCUT2D eigenvalue weighted by Gasteiger charge is 2.44. The molecule has 9 heteroatoms. The van der Waals surface area contributed by atoms with Gasteiger partial charge in [0.2, 0.25) is 0 Å². The van der Waals surface area contributed by atoms with Crippen molar-refractivity contribution in [1.82, 2.24) is 4.90 Å². The number of hydrogen-bond donors (Lipinski definition) is 0. The first-order valence-electron chi connectivity index (χ1n) is 11.1. The highest BCUT2D eigenvalue weighted by atomic mass is 28.4. The van der Waals surface area contributed by atoms with Gasteiger partial charge in [0.15, 0.2) is 8.32 Å². The summed E-state index contributed by atoms with van der Waals surface area (Å²) in [6.45, 7) is 17.9. The van der Waals surface area contributed by atoms with Gasteiger partial charge in [0.05, 0.1) is 18.7 Å². The number of carbonyl (C=O) groups is 1. The molecule has 0 N–H and O–H groups in total. The summed E-state index contributed by atoms with van der Waals surface area (Å²) in [5, 5.41) is 3.66. The summed E-state index contributed by atoms with van der Waals surface area (Å²) in [6.07, 6.45) is 0.334. The van der Waals surface area contributed by atoms with Crippen LogP contribution in [0.2, 0.25) is 18.1 Å². The molecule has 1 aromatic carbocycles. The van der Waals surface area contributed by atoms with Gasteiger partial charge in [0.1, 0.15) is 18.0 Å². The Morgan fingerprint density at radius 1 is 1.19 bits per heavy atom. The molecular weight excluding hydrogens is 424 g/mol. The van der Waals surface area contributed by atoms with Crippen molar-refractivity contribution >= 4 is 14.4 Å². The molecule has 8 nitrogen and oxygen atoms in total. The van der Waals surface area contributed by atoms with Gasteiger partial charge >= 0.3 is 6.09 Å². The first kappa shape index (κ1) is 26.0. The fraction of sp³-hybridized carbons (Fsp3) is 0.696. The molecule has 0 radical (unpaired) electrons. The maximum Gasteiger partial charge on any atom is 0.410 e. The predicted octanol–water partition coefficient (Wildman–Crippen LogP) is 6.28. The van der Waals surface area contributed by atoms with Gasteiger partial charge in [-0.05, 0) is 68.6 Å². The number of amides is 1. The molecule has 1 aliphatic heterocycles. The molecule has 1 aliphatic rings. The molecule has 1 heterocycles. The minimum absolute atomic E-state index is 0.0387. The molecule has 1 amide bonds. The molecule has 0 bridgehead atoms. The summed E-state index contributed by atoms with van der Waals surface area (Å²) in [5.74, 6) is 0.701. The number of nitrogens with zero attached hydrogens (tertiary/aromatic N) is 4. The summed E-state index contributed by atoms with van der Waals surface area (Å²) in [5.41, 5.74) is 8.79. The lowest BCUT2D eigenvalue weighted by atomic mass is 10.2. The Morgan fingerprint density at radius 3 is 2.34 bits per heavy atom. The molecular formula is C23H38N4O4Si. The van der Waals surface area contributed by atoms with Crippen molar-refractivity contribution in [1.29, 1.82) is 0 Å². The summed E-state index contributed by atoms with van der Waals surface area (Å²) in [4.78, 5) is 17.4. The lowest BCUT2D eigenvalue weighted by molar-refractivity contribution is 0.0174. The van der Waals surface area contributed by atoms with E-state index in [-0.39, 0.29) is 23.3 Å². The maximum absolute atomic E-state index is 12.9. The fourth-order valence-corrected chi connectivity index (χ4v) is 4.61. The summed E-state index contributed by atoms with van der Waals surface area (Å²) >= 11 is 0. The molecule has 0 spiro atoms. The van der Waals surface area contributed by atoms with Crippen molar-refractivity contribution in [2.75, 3.05) is 13.2 Å². The van der Waals surface area contributed by atoms with Crippen LogP contribution in [0, 0.1) is 0 Å². The molecule has 0 unspecified atom stereocenters. The van der Waals surface area contributed by atoms with Crippen LogP contribution in [0.5, 0.6) is 5.75 Å². The first-order chi connectivity index (χ1) is 14.7. The van der Waals surface area contributed by atoms with E-state index < -0.39 is 13.9 Å². The summed E-state index contributed by atoms with van der Waals surface area (Å²) in [7, 11) is -1.97. The zero-order valence-electron chi connectivity index (χ0n) is 20.7. The van der Waals surface area contributed by atoms with E-state index in [2.05, 4.69) is 43.9 Å². The van der Waals surface area contributed by atoms with Crippen LogP contribution in [0.15, 0.2) is 29.4 Å². The van der Waals surface area contributed by atoms with Crippen molar-refractivity contribution in [3.8, 4) is 5.75 Å². The van der Waals surface area contributed by atoms with Crippen molar-refractivity contribution in [2.24, 2.45) is 5.11 Å². The summed E-state index contributed by atoms with van der Waals surface area (Å²) < 4.78 is 18.3. The van der Waals surface area contributed by atoms with Crippen LogP contribution in [0.4, 0.5) is 4.79 Å². The van der Waals surface area contributed by atoms with Crippen LogP contribution in [-0.2, 0) is 15.7 Å². The smallest absolute Gasteiger partial charge is 0.410 e. The van der Waals surface area contributed by atoms with Crippen LogP contribution in [0.1, 0.15) is 53.5 Å². The van der Waals surface area contributed by atoms with Gasteiger partial charge in [-0.2, -0.15) is 0 Å². The third-order valence-corrected chi connectivity index (χ3v) is 10.5. The molecule has 2 rings (SSSR count). The lowest BCUT2D eigenvalue weighted by Crippen LogP contribution is -2.45. The van der Waals surface area contributed by atoms with E-state index in [1.54, 1.807) is 4.90 Å². The Hall–Kier alpha value is -2.22. The highest BCUT2D eigenvalue weighted by Crippen LogP contribution is 2.39. The maximum atomic E-state index is 12.9. The Bertz CT molecular complexity index is 824. The van der Waals surface area contributed by atoms with Crippen LogP contribution in [-0.4, -0.2) is 50.2 Å². The van der Waals surface area contributed by atoms with Gasteiger partial charge in [-0.15, -0.1) is 0 Å². The van der Waals surface area contributed by atoms with Gasteiger partial charge in [-0.1, -0.05) is 38.0 Å². The number of hydrogen-bond acceptors (Lipinski definition) is 5. The minimum Gasteiger partial charge on any atom is -0.491 e.